The minimum Gasteiger partial charge on any atom is -0.348 e. The Hall–Kier alpha value is -3.04. The maximum absolute atomic E-state index is 13.4. The van der Waals surface area contributed by atoms with Crippen molar-refractivity contribution in [2.75, 3.05) is 6.54 Å². The van der Waals surface area contributed by atoms with E-state index in [0.29, 0.717) is 6.54 Å². The quantitative estimate of drug-likeness (QED) is 0.406. The molecule has 0 saturated carbocycles. The zero-order valence-corrected chi connectivity index (χ0v) is 17.9. The van der Waals surface area contributed by atoms with Crippen LogP contribution in [0.1, 0.15) is 38.8 Å². The third-order valence-electron chi connectivity index (χ3n) is 6.33. The van der Waals surface area contributed by atoms with Crippen molar-refractivity contribution < 1.29 is 4.79 Å². The van der Waals surface area contributed by atoms with E-state index in [-0.39, 0.29) is 11.9 Å². The lowest BCUT2D eigenvalue weighted by atomic mass is 9.95. The molecule has 0 aliphatic carbocycles. The van der Waals surface area contributed by atoms with Crippen LogP contribution in [-0.2, 0) is 13.5 Å². The Bertz CT molecular complexity index is 1260. The third kappa shape index (κ3) is 2.93. The molecule has 0 bridgehead atoms. The first-order valence-corrected chi connectivity index (χ1v) is 10.6. The first-order valence-electron chi connectivity index (χ1n) is 10.2. The van der Waals surface area contributed by atoms with E-state index in [0.717, 1.165) is 22.6 Å². The predicted octanol–water partition coefficient (Wildman–Crippen LogP) is 5.93. The summed E-state index contributed by atoms with van der Waals surface area (Å²) in [6.45, 7) is 2.81. The van der Waals surface area contributed by atoms with E-state index in [4.69, 9.17) is 11.6 Å². The number of carbonyl (C=O) groups is 1. The zero-order chi connectivity index (χ0) is 20.8. The second-order valence-corrected chi connectivity index (χ2v) is 8.38. The van der Waals surface area contributed by atoms with Gasteiger partial charge in [-0.2, -0.15) is 0 Å². The number of halogens is 1. The standard InChI is InChI=1S/C26H23ClN2O/c1-17-24(22-9-5-6-10-23(22)28(17)2)25-20-7-3-4-8-21(20)26(30)29(25)16-15-18-11-13-19(27)14-12-18/h3-14,25H,15-16H2,1-2H3/t25-/m0/s1. The van der Waals surface area contributed by atoms with Gasteiger partial charge in [0.05, 0.1) is 6.04 Å². The predicted molar refractivity (Wildman–Crippen MR) is 122 cm³/mol. The number of aromatic nitrogens is 1. The van der Waals surface area contributed by atoms with Crippen molar-refractivity contribution in [2.45, 2.75) is 19.4 Å². The molecule has 1 aliphatic rings. The van der Waals surface area contributed by atoms with Gasteiger partial charge in [-0.25, -0.2) is 0 Å². The van der Waals surface area contributed by atoms with E-state index in [1.807, 2.05) is 47.4 Å². The van der Waals surface area contributed by atoms with Gasteiger partial charge in [-0.3, -0.25) is 4.79 Å². The molecule has 3 aromatic carbocycles. The van der Waals surface area contributed by atoms with Crippen LogP contribution in [0.25, 0.3) is 10.9 Å². The number of carbonyl (C=O) groups excluding carboxylic acids is 1. The second kappa shape index (κ2) is 7.33. The number of para-hydroxylation sites is 1. The van der Waals surface area contributed by atoms with Crippen molar-refractivity contribution in [3.63, 3.8) is 0 Å². The lowest BCUT2D eigenvalue weighted by Crippen LogP contribution is -2.31. The molecule has 5 rings (SSSR count). The van der Waals surface area contributed by atoms with Crippen LogP contribution < -0.4 is 0 Å². The fourth-order valence-electron chi connectivity index (χ4n) is 4.71. The molecular formula is C26H23ClN2O. The summed E-state index contributed by atoms with van der Waals surface area (Å²) in [6.07, 6.45) is 0.789. The first kappa shape index (κ1) is 19.0. The molecule has 30 heavy (non-hydrogen) atoms. The van der Waals surface area contributed by atoms with Crippen LogP contribution in [-0.4, -0.2) is 21.9 Å². The molecule has 0 saturated heterocycles. The summed E-state index contributed by atoms with van der Waals surface area (Å²) in [6, 6.07) is 24.3. The smallest absolute Gasteiger partial charge is 0.255 e. The SMILES string of the molecule is Cc1c([C@@H]2c3ccccc3C(=O)N2CCc2ccc(Cl)cc2)c2ccccc2n1C. The highest BCUT2D eigenvalue weighted by Gasteiger charge is 2.39. The lowest BCUT2D eigenvalue weighted by molar-refractivity contribution is 0.0752. The Morgan fingerprint density at radius 2 is 1.63 bits per heavy atom. The average molecular weight is 415 g/mol. The van der Waals surface area contributed by atoms with Crippen LogP contribution >= 0.6 is 11.6 Å². The summed E-state index contributed by atoms with van der Waals surface area (Å²) in [5.74, 6) is 0.108. The molecule has 4 aromatic rings. The minimum absolute atomic E-state index is 0.0768. The summed E-state index contributed by atoms with van der Waals surface area (Å²) < 4.78 is 2.23. The molecule has 0 unspecified atom stereocenters. The van der Waals surface area contributed by atoms with Crippen molar-refractivity contribution in [1.29, 1.82) is 0 Å². The number of benzene rings is 3. The zero-order valence-electron chi connectivity index (χ0n) is 17.1. The highest BCUT2D eigenvalue weighted by Crippen LogP contribution is 2.43. The van der Waals surface area contributed by atoms with Gasteiger partial charge in [-0.05, 0) is 48.7 Å². The van der Waals surface area contributed by atoms with Crippen LogP contribution in [0.3, 0.4) is 0 Å². The number of amides is 1. The molecule has 0 fully saturated rings. The van der Waals surface area contributed by atoms with Crippen LogP contribution in [0, 0.1) is 6.92 Å². The topological polar surface area (TPSA) is 25.2 Å². The number of rotatable bonds is 4. The Morgan fingerprint density at radius 1 is 0.933 bits per heavy atom. The van der Waals surface area contributed by atoms with Gasteiger partial charge in [-0.1, -0.05) is 60.1 Å². The van der Waals surface area contributed by atoms with Crippen LogP contribution in [0.4, 0.5) is 0 Å². The van der Waals surface area contributed by atoms with E-state index in [2.05, 4.69) is 48.9 Å². The maximum atomic E-state index is 13.4. The van der Waals surface area contributed by atoms with Gasteiger partial charge in [0.15, 0.2) is 0 Å². The maximum Gasteiger partial charge on any atom is 0.255 e. The Balaban J connectivity index is 1.61. The number of fused-ring (bicyclic) bond motifs is 2. The fraction of sp³-hybridized carbons (Fsp3) is 0.192. The van der Waals surface area contributed by atoms with Crippen LogP contribution in [0.15, 0.2) is 72.8 Å². The van der Waals surface area contributed by atoms with Crippen LogP contribution in [0.5, 0.6) is 0 Å². The summed E-state index contributed by atoms with van der Waals surface area (Å²) >= 11 is 6.03. The van der Waals surface area contributed by atoms with Gasteiger partial charge in [0.1, 0.15) is 0 Å². The van der Waals surface area contributed by atoms with Gasteiger partial charge < -0.3 is 9.47 Å². The van der Waals surface area contributed by atoms with E-state index < -0.39 is 0 Å². The van der Waals surface area contributed by atoms with Gasteiger partial charge >= 0.3 is 0 Å². The van der Waals surface area contributed by atoms with Crippen molar-refractivity contribution in [3.05, 3.63) is 106 Å². The van der Waals surface area contributed by atoms with E-state index in [9.17, 15) is 4.79 Å². The van der Waals surface area contributed by atoms with Gasteiger partial charge in [0.25, 0.3) is 5.91 Å². The summed E-state index contributed by atoms with van der Waals surface area (Å²) in [5, 5.41) is 1.94. The number of hydrogen-bond acceptors (Lipinski definition) is 1. The highest BCUT2D eigenvalue weighted by molar-refractivity contribution is 6.30. The molecule has 1 atom stereocenters. The normalized spacial score (nSPS) is 15.8. The molecule has 1 aliphatic heterocycles. The van der Waals surface area contributed by atoms with Gasteiger partial charge in [0, 0.05) is 46.3 Å². The first-order chi connectivity index (χ1) is 14.6. The van der Waals surface area contributed by atoms with Gasteiger partial charge in [-0.15, -0.1) is 0 Å². The monoisotopic (exact) mass is 414 g/mol. The molecule has 3 nitrogen and oxygen atoms in total. The minimum atomic E-state index is -0.0768. The summed E-state index contributed by atoms with van der Waals surface area (Å²) in [7, 11) is 2.10. The highest BCUT2D eigenvalue weighted by atomic mass is 35.5. The van der Waals surface area contributed by atoms with E-state index in [1.165, 1.54) is 27.7 Å². The van der Waals surface area contributed by atoms with Crippen molar-refractivity contribution in [2.24, 2.45) is 7.05 Å². The van der Waals surface area contributed by atoms with Crippen molar-refractivity contribution in [3.8, 4) is 0 Å². The second-order valence-electron chi connectivity index (χ2n) is 7.94. The molecule has 0 N–H and O–H groups in total. The Kier molecular flexibility index (Phi) is 4.63. The van der Waals surface area contributed by atoms with Crippen molar-refractivity contribution >= 4 is 28.4 Å². The molecule has 1 aromatic heterocycles. The van der Waals surface area contributed by atoms with E-state index >= 15 is 0 Å². The largest absolute Gasteiger partial charge is 0.348 e. The Morgan fingerprint density at radius 3 is 2.43 bits per heavy atom. The number of hydrogen-bond donors (Lipinski definition) is 0. The molecule has 1 amide bonds. The van der Waals surface area contributed by atoms with E-state index in [1.54, 1.807) is 0 Å². The number of nitrogens with zero attached hydrogens (tertiary/aromatic N) is 2. The number of aryl methyl sites for hydroxylation is 1. The molecule has 0 radical (unpaired) electrons. The molecule has 0 spiro atoms. The molecular weight excluding hydrogens is 392 g/mol. The third-order valence-corrected chi connectivity index (χ3v) is 6.59. The molecule has 2 heterocycles. The summed E-state index contributed by atoms with van der Waals surface area (Å²) in [4.78, 5) is 15.4. The lowest BCUT2D eigenvalue weighted by Gasteiger charge is -2.26. The fourth-order valence-corrected chi connectivity index (χ4v) is 4.83. The molecule has 4 heteroatoms. The Labute approximate surface area is 181 Å². The van der Waals surface area contributed by atoms with Gasteiger partial charge in [0.2, 0.25) is 0 Å². The van der Waals surface area contributed by atoms with Crippen LogP contribution in [0.2, 0.25) is 5.02 Å². The summed E-state index contributed by atoms with van der Waals surface area (Å²) in [5.41, 5.74) is 6.70. The molecule has 150 valence electrons. The van der Waals surface area contributed by atoms with Crippen molar-refractivity contribution in [1.82, 2.24) is 9.47 Å². The average Bonchev–Trinajstić information content (AvgIpc) is 3.19.